The third-order valence-corrected chi connectivity index (χ3v) is 3.80. The Kier molecular flexibility index (Phi) is 3.59. The Morgan fingerprint density at radius 1 is 1.20 bits per heavy atom. The molecule has 0 bridgehead atoms. The van der Waals surface area contributed by atoms with Gasteiger partial charge < -0.3 is 0 Å². The SMILES string of the molecule is CC1CCC(=Cc2ccccc2P)CC1. The number of benzene rings is 1. The van der Waals surface area contributed by atoms with Crippen LogP contribution in [0.1, 0.15) is 38.2 Å². The summed E-state index contributed by atoms with van der Waals surface area (Å²) in [5, 5.41) is 1.31. The van der Waals surface area contributed by atoms with Crippen molar-refractivity contribution in [1.29, 1.82) is 0 Å². The summed E-state index contributed by atoms with van der Waals surface area (Å²) in [5.41, 5.74) is 3.00. The molecule has 1 aromatic rings. The number of rotatable bonds is 1. The van der Waals surface area contributed by atoms with Crippen molar-refractivity contribution in [2.75, 3.05) is 0 Å². The summed E-state index contributed by atoms with van der Waals surface area (Å²) < 4.78 is 0. The summed E-state index contributed by atoms with van der Waals surface area (Å²) in [7, 11) is 2.81. The van der Waals surface area contributed by atoms with E-state index in [1.54, 1.807) is 5.57 Å². The average molecular weight is 218 g/mol. The third kappa shape index (κ3) is 2.92. The van der Waals surface area contributed by atoms with Crippen LogP contribution in [-0.4, -0.2) is 0 Å². The monoisotopic (exact) mass is 218 g/mol. The fraction of sp³-hybridized carbons (Fsp3) is 0.429. The van der Waals surface area contributed by atoms with Crippen molar-refractivity contribution in [3.63, 3.8) is 0 Å². The summed E-state index contributed by atoms with van der Waals surface area (Å²) in [5.74, 6) is 0.924. The molecule has 0 nitrogen and oxygen atoms in total. The lowest BCUT2D eigenvalue weighted by Crippen LogP contribution is -2.04. The van der Waals surface area contributed by atoms with Crippen LogP contribution in [0.15, 0.2) is 29.8 Å². The van der Waals surface area contributed by atoms with E-state index in [9.17, 15) is 0 Å². The Labute approximate surface area is 95.0 Å². The number of hydrogen-bond donors (Lipinski definition) is 0. The van der Waals surface area contributed by atoms with E-state index in [1.165, 1.54) is 36.6 Å². The van der Waals surface area contributed by atoms with Gasteiger partial charge in [0.15, 0.2) is 0 Å². The molecule has 0 aromatic heterocycles. The highest BCUT2D eigenvalue weighted by Crippen LogP contribution is 2.28. The lowest BCUT2D eigenvalue weighted by Gasteiger charge is -2.20. The van der Waals surface area contributed by atoms with Crippen LogP contribution in [0.4, 0.5) is 0 Å². The largest absolute Gasteiger partial charge is 0.105 e. The Bertz CT molecular complexity index is 355. The molecule has 0 N–H and O–H groups in total. The smallest absolute Gasteiger partial charge is 0.0185 e. The van der Waals surface area contributed by atoms with Gasteiger partial charge in [-0.3, -0.25) is 0 Å². The first-order valence-corrected chi connectivity index (χ1v) is 6.37. The normalized spacial score (nSPS) is 21.5. The minimum Gasteiger partial charge on any atom is -0.105 e. The van der Waals surface area contributed by atoms with E-state index in [1.807, 2.05) is 0 Å². The Hall–Kier alpha value is -0.610. The van der Waals surface area contributed by atoms with Gasteiger partial charge in [-0.05, 0) is 42.5 Å². The summed E-state index contributed by atoms with van der Waals surface area (Å²) in [6, 6.07) is 8.56. The predicted octanol–water partition coefficient (Wildman–Crippen LogP) is 3.78. The predicted molar refractivity (Wildman–Crippen MR) is 71.4 cm³/mol. The second kappa shape index (κ2) is 4.94. The van der Waals surface area contributed by atoms with Gasteiger partial charge in [0.1, 0.15) is 0 Å². The Morgan fingerprint density at radius 3 is 2.53 bits per heavy atom. The van der Waals surface area contributed by atoms with Gasteiger partial charge in [-0.25, -0.2) is 0 Å². The Morgan fingerprint density at radius 2 is 1.87 bits per heavy atom. The van der Waals surface area contributed by atoms with Crippen LogP contribution >= 0.6 is 9.24 Å². The molecular weight excluding hydrogens is 199 g/mol. The van der Waals surface area contributed by atoms with Crippen molar-refractivity contribution in [2.24, 2.45) is 5.92 Å². The van der Waals surface area contributed by atoms with E-state index in [4.69, 9.17) is 0 Å². The van der Waals surface area contributed by atoms with Crippen molar-refractivity contribution >= 4 is 20.6 Å². The summed E-state index contributed by atoms with van der Waals surface area (Å²) in [6.45, 7) is 2.36. The van der Waals surface area contributed by atoms with E-state index >= 15 is 0 Å². The maximum Gasteiger partial charge on any atom is -0.0185 e. The van der Waals surface area contributed by atoms with Crippen molar-refractivity contribution in [3.8, 4) is 0 Å². The lowest BCUT2D eigenvalue weighted by atomic mass is 9.86. The third-order valence-electron chi connectivity index (χ3n) is 3.27. The molecule has 1 unspecified atom stereocenters. The van der Waals surface area contributed by atoms with E-state index in [-0.39, 0.29) is 0 Å². The van der Waals surface area contributed by atoms with Crippen LogP contribution in [0.25, 0.3) is 6.08 Å². The van der Waals surface area contributed by atoms with E-state index in [0.717, 1.165) is 5.92 Å². The van der Waals surface area contributed by atoms with Gasteiger partial charge in [-0.2, -0.15) is 0 Å². The second-order valence-electron chi connectivity index (χ2n) is 4.61. The molecule has 0 amide bonds. The van der Waals surface area contributed by atoms with Gasteiger partial charge in [0, 0.05) is 0 Å². The van der Waals surface area contributed by atoms with Crippen LogP contribution in [-0.2, 0) is 0 Å². The Balaban J connectivity index is 2.13. The minimum absolute atomic E-state index is 0.924. The molecule has 1 aliphatic rings. The van der Waals surface area contributed by atoms with Gasteiger partial charge >= 0.3 is 0 Å². The molecule has 2 rings (SSSR count). The zero-order valence-corrected chi connectivity index (χ0v) is 10.5. The molecule has 80 valence electrons. The average Bonchev–Trinajstić information content (AvgIpc) is 2.25. The fourth-order valence-electron chi connectivity index (χ4n) is 2.14. The number of allylic oxidation sites excluding steroid dienone is 1. The molecule has 0 saturated heterocycles. The molecule has 1 aromatic carbocycles. The first-order valence-electron chi connectivity index (χ1n) is 5.79. The van der Waals surface area contributed by atoms with Gasteiger partial charge in [0.2, 0.25) is 0 Å². The highest BCUT2D eigenvalue weighted by Gasteiger charge is 2.11. The molecule has 1 aliphatic carbocycles. The topological polar surface area (TPSA) is 0 Å². The second-order valence-corrected chi connectivity index (χ2v) is 5.24. The van der Waals surface area contributed by atoms with Gasteiger partial charge in [0.05, 0.1) is 0 Å². The molecule has 1 saturated carbocycles. The molecule has 0 radical (unpaired) electrons. The van der Waals surface area contributed by atoms with Gasteiger partial charge in [-0.15, -0.1) is 9.24 Å². The summed E-state index contributed by atoms with van der Waals surface area (Å²) in [6.07, 6.45) is 7.70. The molecule has 1 heteroatoms. The number of hydrogen-bond acceptors (Lipinski definition) is 0. The van der Waals surface area contributed by atoms with Crippen molar-refractivity contribution in [3.05, 3.63) is 35.4 Å². The molecule has 15 heavy (non-hydrogen) atoms. The van der Waals surface area contributed by atoms with E-state index in [0.29, 0.717) is 0 Å². The van der Waals surface area contributed by atoms with Crippen LogP contribution < -0.4 is 5.30 Å². The quantitative estimate of drug-likeness (QED) is 0.629. The van der Waals surface area contributed by atoms with Crippen molar-refractivity contribution < 1.29 is 0 Å². The molecule has 0 spiro atoms. The zero-order chi connectivity index (χ0) is 10.7. The highest BCUT2D eigenvalue weighted by atomic mass is 31.0. The first-order chi connectivity index (χ1) is 7.25. The summed E-state index contributed by atoms with van der Waals surface area (Å²) in [4.78, 5) is 0. The molecule has 1 atom stereocenters. The minimum atomic E-state index is 0.924. The van der Waals surface area contributed by atoms with E-state index in [2.05, 4.69) is 46.5 Å². The summed E-state index contributed by atoms with van der Waals surface area (Å²) >= 11 is 0. The maximum atomic E-state index is 2.81. The maximum absolute atomic E-state index is 2.81. The molecule has 0 aliphatic heterocycles. The molecule has 0 heterocycles. The highest BCUT2D eigenvalue weighted by molar-refractivity contribution is 7.27. The van der Waals surface area contributed by atoms with Crippen molar-refractivity contribution in [2.45, 2.75) is 32.6 Å². The fourth-order valence-corrected chi connectivity index (χ4v) is 2.43. The molecule has 1 fully saturated rings. The lowest BCUT2D eigenvalue weighted by molar-refractivity contribution is 0.446. The van der Waals surface area contributed by atoms with Crippen LogP contribution in [0.5, 0.6) is 0 Å². The zero-order valence-electron chi connectivity index (χ0n) is 9.37. The van der Waals surface area contributed by atoms with Gasteiger partial charge in [-0.1, -0.05) is 42.8 Å². The standard InChI is InChI=1S/C14H19P/c1-11-6-8-12(9-7-11)10-13-4-2-3-5-14(13)15/h2-5,10-11H,6-9,15H2,1H3. The van der Waals surface area contributed by atoms with Gasteiger partial charge in [0.25, 0.3) is 0 Å². The van der Waals surface area contributed by atoms with Crippen LogP contribution in [0.2, 0.25) is 0 Å². The molecular formula is C14H19P. The van der Waals surface area contributed by atoms with Crippen molar-refractivity contribution in [1.82, 2.24) is 0 Å². The van der Waals surface area contributed by atoms with E-state index < -0.39 is 0 Å². The van der Waals surface area contributed by atoms with Crippen LogP contribution in [0.3, 0.4) is 0 Å². The van der Waals surface area contributed by atoms with Crippen LogP contribution in [0, 0.1) is 5.92 Å². The first kappa shape index (κ1) is 10.9.